The van der Waals surface area contributed by atoms with E-state index in [1.165, 1.54) is 29.7 Å². The van der Waals surface area contributed by atoms with Crippen LogP contribution in [0.1, 0.15) is 59.0 Å². The highest BCUT2D eigenvalue weighted by atomic mass is 32.1. The Hall–Kier alpha value is -1.73. The van der Waals surface area contributed by atoms with E-state index in [1.807, 2.05) is 11.3 Å². The maximum Gasteiger partial charge on any atom is 0.289 e. The molecule has 0 bridgehead atoms. The van der Waals surface area contributed by atoms with Crippen LogP contribution in [0.15, 0.2) is 11.4 Å². The molecule has 1 spiro atoms. The Morgan fingerprint density at radius 3 is 2.81 bits per heavy atom. The Labute approximate surface area is 164 Å². The van der Waals surface area contributed by atoms with E-state index in [9.17, 15) is 4.79 Å². The minimum Gasteiger partial charge on any atom is -0.347 e. The van der Waals surface area contributed by atoms with Crippen LogP contribution in [0.3, 0.4) is 0 Å². The second-order valence-electron chi connectivity index (χ2n) is 8.58. The van der Waals surface area contributed by atoms with Crippen LogP contribution in [0.2, 0.25) is 0 Å². The minimum atomic E-state index is -0.0427. The predicted octanol–water partition coefficient (Wildman–Crippen LogP) is 2.77. The molecule has 1 saturated carbocycles. The number of nitrogens with zero attached hydrogens (tertiary/aromatic N) is 4. The van der Waals surface area contributed by atoms with Crippen LogP contribution < -0.4 is 5.32 Å². The smallest absolute Gasteiger partial charge is 0.289 e. The summed E-state index contributed by atoms with van der Waals surface area (Å²) in [7, 11) is 0. The number of likely N-dealkylation sites (tertiary alicyclic amines) is 1. The molecule has 27 heavy (non-hydrogen) atoms. The monoisotopic (exact) mass is 385 g/mol. The van der Waals surface area contributed by atoms with Gasteiger partial charge in [-0.05, 0) is 74.5 Å². The normalized spacial score (nSPS) is 22.0. The molecule has 144 valence electrons. The first-order chi connectivity index (χ1) is 13.1. The third-order valence-corrected chi connectivity index (χ3v) is 7.58. The molecule has 1 aliphatic carbocycles. The largest absolute Gasteiger partial charge is 0.347 e. The van der Waals surface area contributed by atoms with Gasteiger partial charge in [0.25, 0.3) is 5.91 Å². The summed E-state index contributed by atoms with van der Waals surface area (Å²) in [6, 6.07) is 2.57. The number of aromatic nitrogens is 3. The van der Waals surface area contributed by atoms with Crippen LogP contribution in [-0.2, 0) is 19.5 Å². The van der Waals surface area contributed by atoms with E-state index in [1.54, 1.807) is 0 Å². The summed E-state index contributed by atoms with van der Waals surface area (Å²) in [5, 5.41) is 13.8. The number of hydrogen-bond donors (Lipinski definition) is 1. The number of aryl methyl sites for hydroxylation is 2. The SMILES string of the molecule is Cc1ccsc1CN1CCC2(CCc3nnc(C(=O)NC4CC4)n3C2)CC1. The van der Waals surface area contributed by atoms with Crippen LogP contribution in [0.5, 0.6) is 0 Å². The van der Waals surface area contributed by atoms with Gasteiger partial charge in [-0.15, -0.1) is 21.5 Å². The summed E-state index contributed by atoms with van der Waals surface area (Å²) >= 11 is 1.87. The summed E-state index contributed by atoms with van der Waals surface area (Å²) < 4.78 is 2.11. The number of carbonyl (C=O) groups excluding carboxylic acids is 1. The molecule has 2 aliphatic heterocycles. The second kappa shape index (κ2) is 6.71. The zero-order chi connectivity index (χ0) is 18.4. The Morgan fingerprint density at radius 1 is 1.30 bits per heavy atom. The number of piperidine rings is 1. The molecule has 5 rings (SSSR count). The Balaban J connectivity index is 1.26. The summed E-state index contributed by atoms with van der Waals surface area (Å²) in [6.07, 6.45) is 6.68. The van der Waals surface area contributed by atoms with Crippen molar-refractivity contribution in [3.05, 3.63) is 33.5 Å². The number of hydrogen-bond acceptors (Lipinski definition) is 5. The molecule has 0 unspecified atom stereocenters. The third kappa shape index (κ3) is 3.43. The first kappa shape index (κ1) is 17.4. The van der Waals surface area contributed by atoms with E-state index in [4.69, 9.17) is 0 Å². The second-order valence-corrected chi connectivity index (χ2v) is 9.58. The molecule has 7 heteroatoms. The van der Waals surface area contributed by atoms with Gasteiger partial charge in [-0.2, -0.15) is 0 Å². The van der Waals surface area contributed by atoms with Crippen molar-refractivity contribution in [1.82, 2.24) is 25.0 Å². The molecule has 3 aliphatic rings. The molecular formula is C20H27N5OS. The van der Waals surface area contributed by atoms with Gasteiger partial charge in [0.2, 0.25) is 5.82 Å². The van der Waals surface area contributed by atoms with E-state index < -0.39 is 0 Å². The lowest BCUT2D eigenvalue weighted by atomic mass is 9.73. The summed E-state index contributed by atoms with van der Waals surface area (Å²) in [6.45, 7) is 6.46. The van der Waals surface area contributed by atoms with Gasteiger partial charge in [0, 0.05) is 30.4 Å². The van der Waals surface area contributed by atoms with Crippen molar-refractivity contribution in [3.63, 3.8) is 0 Å². The number of rotatable bonds is 4. The highest BCUT2D eigenvalue weighted by molar-refractivity contribution is 7.10. The van der Waals surface area contributed by atoms with Crippen molar-refractivity contribution in [2.45, 2.75) is 64.6 Å². The standard InChI is InChI=1S/C20H27N5OS/c1-14-5-11-27-16(14)12-24-9-7-20(8-10-24)6-4-17-22-23-18(25(17)13-20)19(26)21-15-2-3-15/h5,11,15H,2-4,6-10,12-13H2,1H3,(H,21,26). The van der Waals surface area contributed by atoms with Crippen molar-refractivity contribution >= 4 is 17.2 Å². The molecule has 0 radical (unpaired) electrons. The molecule has 6 nitrogen and oxygen atoms in total. The summed E-state index contributed by atoms with van der Waals surface area (Å²) in [5.41, 5.74) is 1.71. The average Bonchev–Trinajstić information content (AvgIpc) is 3.24. The topological polar surface area (TPSA) is 63.1 Å². The molecule has 1 N–H and O–H groups in total. The maximum absolute atomic E-state index is 12.5. The molecule has 0 aromatic carbocycles. The molecule has 2 aromatic rings. The van der Waals surface area contributed by atoms with Gasteiger partial charge >= 0.3 is 0 Å². The summed E-state index contributed by atoms with van der Waals surface area (Å²) in [5.74, 6) is 1.46. The quantitative estimate of drug-likeness (QED) is 0.879. The van der Waals surface area contributed by atoms with Crippen molar-refractivity contribution in [3.8, 4) is 0 Å². The third-order valence-electron chi connectivity index (χ3n) is 6.57. The van der Waals surface area contributed by atoms with Crippen molar-refractivity contribution in [1.29, 1.82) is 0 Å². The fourth-order valence-electron chi connectivity index (χ4n) is 4.49. The number of carbonyl (C=O) groups is 1. The van der Waals surface area contributed by atoms with Gasteiger partial charge in [0.15, 0.2) is 0 Å². The molecule has 2 fully saturated rings. The molecule has 2 aromatic heterocycles. The van der Waals surface area contributed by atoms with Crippen LogP contribution in [0, 0.1) is 12.3 Å². The van der Waals surface area contributed by atoms with E-state index in [0.717, 1.165) is 51.3 Å². The highest BCUT2D eigenvalue weighted by Crippen LogP contribution is 2.41. The first-order valence-electron chi connectivity index (χ1n) is 10.1. The minimum absolute atomic E-state index is 0.0427. The van der Waals surface area contributed by atoms with Gasteiger partial charge in [-0.25, -0.2) is 0 Å². The van der Waals surface area contributed by atoms with Gasteiger partial charge in [-0.3, -0.25) is 9.69 Å². The maximum atomic E-state index is 12.5. The van der Waals surface area contributed by atoms with Crippen LogP contribution in [0.4, 0.5) is 0 Å². The van der Waals surface area contributed by atoms with Gasteiger partial charge < -0.3 is 9.88 Å². The zero-order valence-electron chi connectivity index (χ0n) is 15.9. The zero-order valence-corrected chi connectivity index (χ0v) is 16.7. The van der Waals surface area contributed by atoms with Crippen LogP contribution in [-0.4, -0.2) is 44.7 Å². The molecule has 1 amide bonds. The Bertz CT molecular complexity index is 844. The van der Waals surface area contributed by atoms with Gasteiger partial charge in [0.1, 0.15) is 5.82 Å². The lowest BCUT2D eigenvalue weighted by molar-refractivity contribution is 0.0622. The lowest BCUT2D eigenvalue weighted by Gasteiger charge is -2.44. The fourth-order valence-corrected chi connectivity index (χ4v) is 5.43. The number of nitrogens with one attached hydrogen (secondary N) is 1. The average molecular weight is 386 g/mol. The molecule has 1 saturated heterocycles. The Kier molecular flexibility index (Phi) is 4.31. The number of thiophene rings is 1. The van der Waals surface area contributed by atoms with Crippen LogP contribution >= 0.6 is 11.3 Å². The van der Waals surface area contributed by atoms with Gasteiger partial charge in [-0.1, -0.05) is 0 Å². The Morgan fingerprint density at radius 2 is 2.11 bits per heavy atom. The summed E-state index contributed by atoms with van der Waals surface area (Å²) in [4.78, 5) is 16.6. The first-order valence-corrected chi connectivity index (χ1v) is 11.0. The van der Waals surface area contributed by atoms with E-state index in [-0.39, 0.29) is 5.91 Å². The number of fused-ring (bicyclic) bond motifs is 1. The lowest BCUT2D eigenvalue weighted by Crippen LogP contribution is -2.44. The predicted molar refractivity (Wildman–Crippen MR) is 105 cm³/mol. The van der Waals surface area contributed by atoms with Crippen molar-refractivity contribution in [2.24, 2.45) is 5.41 Å². The van der Waals surface area contributed by atoms with Crippen LogP contribution in [0.25, 0.3) is 0 Å². The number of amides is 1. The van der Waals surface area contributed by atoms with Crippen molar-refractivity contribution < 1.29 is 4.79 Å². The van der Waals surface area contributed by atoms with E-state index in [0.29, 0.717) is 17.3 Å². The highest BCUT2D eigenvalue weighted by Gasteiger charge is 2.40. The van der Waals surface area contributed by atoms with Gasteiger partial charge in [0.05, 0.1) is 0 Å². The van der Waals surface area contributed by atoms with E-state index in [2.05, 4.69) is 43.4 Å². The molecule has 4 heterocycles. The van der Waals surface area contributed by atoms with Crippen molar-refractivity contribution in [2.75, 3.05) is 13.1 Å². The molecular weight excluding hydrogens is 358 g/mol. The van der Waals surface area contributed by atoms with E-state index >= 15 is 0 Å². The molecule has 0 atom stereocenters. The fraction of sp³-hybridized carbons (Fsp3) is 0.650.